The normalized spacial score (nSPS) is 10.8. The van der Waals surface area contributed by atoms with Crippen molar-refractivity contribution in [3.05, 3.63) is 59.7 Å². The topological polar surface area (TPSA) is 78.1 Å². The minimum atomic E-state index is 0. The second-order valence-electron chi connectivity index (χ2n) is 5.67. The number of rotatable bonds is 10. The Morgan fingerprint density at radius 2 is 1.74 bits per heavy atom. The van der Waals surface area contributed by atoms with Crippen molar-refractivity contribution < 1.29 is 14.2 Å². The van der Waals surface area contributed by atoms with Crippen LogP contribution in [-0.2, 0) is 17.8 Å². The summed E-state index contributed by atoms with van der Waals surface area (Å²) >= 11 is 0. The molecule has 0 aromatic heterocycles. The molecular weight excluding hydrogens is 457 g/mol. The van der Waals surface area contributed by atoms with Crippen LogP contribution in [0.5, 0.6) is 11.5 Å². The fourth-order valence-electron chi connectivity index (χ4n) is 2.42. The summed E-state index contributed by atoms with van der Waals surface area (Å²) in [7, 11) is 3.25. The predicted octanol–water partition coefficient (Wildman–Crippen LogP) is 2.99. The molecule has 0 saturated carbocycles. The van der Waals surface area contributed by atoms with Crippen LogP contribution in [0.25, 0.3) is 0 Å². The van der Waals surface area contributed by atoms with E-state index in [0.717, 1.165) is 29.0 Å². The van der Waals surface area contributed by atoms with E-state index >= 15 is 0 Å². The highest BCUT2D eigenvalue weighted by Crippen LogP contribution is 2.27. The fourth-order valence-corrected chi connectivity index (χ4v) is 2.42. The molecule has 7 heteroatoms. The van der Waals surface area contributed by atoms with Gasteiger partial charge in [0.15, 0.2) is 17.5 Å². The third-order valence-corrected chi connectivity index (χ3v) is 3.80. The number of guanidine groups is 1. The zero-order chi connectivity index (χ0) is 18.6. The van der Waals surface area contributed by atoms with E-state index in [1.54, 1.807) is 14.2 Å². The summed E-state index contributed by atoms with van der Waals surface area (Å²) < 4.78 is 16.1. The van der Waals surface area contributed by atoms with E-state index in [4.69, 9.17) is 19.9 Å². The van der Waals surface area contributed by atoms with Crippen molar-refractivity contribution >= 4 is 29.9 Å². The molecule has 0 radical (unpaired) electrons. The number of nitrogens with zero attached hydrogens (tertiary/aromatic N) is 1. The molecular formula is C20H28IN3O3. The lowest BCUT2D eigenvalue weighted by atomic mass is 10.1. The Bertz CT molecular complexity index is 696. The summed E-state index contributed by atoms with van der Waals surface area (Å²) in [4.78, 5) is 4.26. The molecule has 3 N–H and O–H groups in total. The second kappa shape index (κ2) is 13.2. The first kappa shape index (κ1) is 23.0. The molecule has 2 rings (SSSR count). The lowest BCUT2D eigenvalue weighted by Crippen LogP contribution is -2.33. The highest BCUT2D eigenvalue weighted by molar-refractivity contribution is 14.0. The summed E-state index contributed by atoms with van der Waals surface area (Å²) in [6, 6.07) is 15.9. The molecule has 0 spiro atoms. The minimum absolute atomic E-state index is 0. The lowest BCUT2D eigenvalue weighted by molar-refractivity contribution is 0.128. The van der Waals surface area contributed by atoms with Gasteiger partial charge in [0.2, 0.25) is 0 Å². The zero-order valence-electron chi connectivity index (χ0n) is 15.8. The number of methoxy groups -OCH3 is 2. The van der Waals surface area contributed by atoms with Gasteiger partial charge in [0.1, 0.15) is 0 Å². The Morgan fingerprint density at radius 1 is 1.00 bits per heavy atom. The van der Waals surface area contributed by atoms with Crippen molar-refractivity contribution in [2.75, 3.05) is 33.9 Å². The van der Waals surface area contributed by atoms with Crippen LogP contribution in [0, 0.1) is 0 Å². The van der Waals surface area contributed by atoms with Gasteiger partial charge in [0, 0.05) is 6.54 Å². The Balaban J connectivity index is 0.00000364. The molecule has 2 aromatic rings. The monoisotopic (exact) mass is 485 g/mol. The number of ether oxygens (including phenoxy) is 3. The average molecular weight is 485 g/mol. The standard InChI is InChI=1S/C20H27N3O3.HI/c1-24-18-9-8-16(14-19(18)25-2)10-11-22-20(21)23-12-13-26-15-17-6-4-3-5-7-17;/h3-9,14H,10-13,15H2,1-2H3,(H3,21,22,23);1H. The van der Waals surface area contributed by atoms with Crippen molar-refractivity contribution in [2.45, 2.75) is 13.0 Å². The summed E-state index contributed by atoms with van der Waals surface area (Å²) in [5.74, 6) is 1.87. The number of nitrogens with one attached hydrogen (secondary N) is 1. The van der Waals surface area contributed by atoms with Crippen molar-refractivity contribution in [3.8, 4) is 11.5 Å². The van der Waals surface area contributed by atoms with Crippen LogP contribution < -0.4 is 20.5 Å². The molecule has 6 nitrogen and oxygen atoms in total. The van der Waals surface area contributed by atoms with Gasteiger partial charge in [-0.15, -0.1) is 24.0 Å². The number of benzene rings is 2. The number of halogens is 1. The van der Waals surface area contributed by atoms with Crippen LogP contribution in [0.2, 0.25) is 0 Å². The van der Waals surface area contributed by atoms with E-state index < -0.39 is 0 Å². The molecule has 0 aliphatic carbocycles. The summed E-state index contributed by atoms with van der Waals surface area (Å²) in [6.07, 6.45) is 0.807. The van der Waals surface area contributed by atoms with E-state index in [0.29, 0.717) is 32.3 Å². The molecule has 0 bridgehead atoms. The maximum absolute atomic E-state index is 5.87. The van der Waals surface area contributed by atoms with Gasteiger partial charge in [-0.1, -0.05) is 36.4 Å². The summed E-state index contributed by atoms with van der Waals surface area (Å²) in [5, 5.41) is 3.11. The van der Waals surface area contributed by atoms with E-state index in [9.17, 15) is 0 Å². The van der Waals surface area contributed by atoms with Gasteiger partial charge >= 0.3 is 0 Å². The first-order valence-corrected chi connectivity index (χ1v) is 8.59. The van der Waals surface area contributed by atoms with Crippen LogP contribution >= 0.6 is 24.0 Å². The predicted molar refractivity (Wildman–Crippen MR) is 119 cm³/mol. The van der Waals surface area contributed by atoms with Crippen LogP contribution in [0.4, 0.5) is 0 Å². The maximum atomic E-state index is 5.87. The lowest BCUT2D eigenvalue weighted by Gasteiger charge is -2.10. The Hall–Kier alpha value is -2.00. The van der Waals surface area contributed by atoms with Gasteiger partial charge in [-0.05, 0) is 29.7 Å². The third kappa shape index (κ3) is 8.49. The number of hydrogen-bond donors (Lipinski definition) is 2. The molecule has 0 aliphatic rings. The van der Waals surface area contributed by atoms with Gasteiger partial charge < -0.3 is 25.3 Å². The van der Waals surface area contributed by atoms with Crippen LogP contribution in [0.15, 0.2) is 53.5 Å². The molecule has 0 heterocycles. The molecule has 0 fully saturated rings. The largest absolute Gasteiger partial charge is 0.493 e. The Kier molecular flexibility index (Phi) is 11.3. The van der Waals surface area contributed by atoms with E-state index in [2.05, 4.69) is 10.3 Å². The van der Waals surface area contributed by atoms with Crippen molar-refractivity contribution in [1.82, 2.24) is 5.32 Å². The molecule has 0 amide bonds. The first-order valence-electron chi connectivity index (χ1n) is 8.59. The highest BCUT2D eigenvalue weighted by Gasteiger charge is 2.04. The van der Waals surface area contributed by atoms with E-state index in [1.165, 1.54) is 0 Å². The second-order valence-corrected chi connectivity index (χ2v) is 5.67. The average Bonchev–Trinajstić information content (AvgIpc) is 2.68. The molecule has 0 aliphatic heterocycles. The van der Waals surface area contributed by atoms with Crippen molar-refractivity contribution in [2.24, 2.45) is 10.7 Å². The quantitative estimate of drug-likeness (QED) is 0.234. The van der Waals surface area contributed by atoms with Crippen LogP contribution in [0.1, 0.15) is 11.1 Å². The zero-order valence-corrected chi connectivity index (χ0v) is 18.1. The summed E-state index contributed by atoms with van der Waals surface area (Å²) in [5.41, 5.74) is 8.16. The Labute approximate surface area is 178 Å². The third-order valence-electron chi connectivity index (χ3n) is 3.80. The minimum Gasteiger partial charge on any atom is -0.493 e. The summed E-state index contributed by atoms with van der Waals surface area (Å²) in [6.45, 7) is 2.34. The SMILES string of the molecule is COc1ccc(CCNC(N)=NCCOCc2ccccc2)cc1OC.I. The van der Waals surface area contributed by atoms with Crippen LogP contribution in [0.3, 0.4) is 0 Å². The number of nitrogens with two attached hydrogens (primary N) is 1. The number of aliphatic imine (C=N–C) groups is 1. The fraction of sp³-hybridized carbons (Fsp3) is 0.350. The molecule has 0 atom stereocenters. The van der Waals surface area contributed by atoms with Gasteiger partial charge in [0.05, 0.1) is 34.0 Å². The molecule has 148 valence electrons. The first-order chi connectivity index (χ1) is 12.7. The van der Waals surface area contributed by atoms with Gasteiger partial charge in [-0.25, -0.2) is 0 Å². The highest BCUT2D eigenvalue weighted by atomic mass is 127. The smallest absolute Gasteiger partial charge is 0.188 e. The van der Waals surface area contributed by atoms with Crippen molar-refractivity contribution in [3.63, 3.8) is 0 Å². The maximum Gasteiger partial charge on any atom is 0.188 e. The molecule has 2 aromatic carbocycles. The van der Waals surface area contributed by atoms with E-state index in [1.807, 2.05) is 48.5 Å². The van der Waals surface area contributed by atoms with Gasteiger partial charge in [0.25, 0.3) is 0 Å². The Morgan fingerprint density at radius 3 is 2.44 bits per heavy atom. The number of hydrogen-bond acceptors (Lipinski definition) is 4. The molecule has 27 heavy (non-hydrogen) atoms. The van der Waals surface area contributed by atoms with Gasteiger partial charge in [-0.3, -0.25) is 4.99 Å². The van der Waals surface area contributed by atoms with Gasteiger partial charge in [-0.2, -0.15) is 0 Å². The van der Waals surface area contributed by atoms with Crippen molar-refractivity contribution in [1.29, 1.82) is 0 Å². The molecule has 0 unspecified atom stereocenters. The van der Waals surface area contributed by atoms with E-state index in [-0.39, 0.29) is 24.0 Å². The molecule has 0 saturated heterocycles. The van der Waals surface area contributed by atoms with Crippen LogP contribution in [-0.4, -0.2) is 39.9 Å².